The van der Waals surface area contributed by atoms with Gasteiger partial charge in [-0.2, -0.15) is 0 Å². The second kappa shape index (κ2) is 6.02. The molecule has 1 heterocycles. The molecule has 3 aliphatic rings. The Morgan fingerprint density at radius 3 is 2.60 bits per heavy atom. The van der Waals surface area contributed by atoms with E-state index in [1.807, 2.05) is 0 Å². The number of rotatable bonds is 4. The van der Waals surface area contributed by atoms with Crippen molar-refractivity contribution in [2.75, 3.05) is 26.7 Å². The van der Waals surface area contributed by atoms with Gasteiger partial charge in [0.15, 0.2) is 0 Å². The van der Waals surface area contributed by atoms with Gasteiger partial charge in [-0.3, -0.25) is 4.79 Å². The molecule has 0 radical (unpaired) electrons. The number of carbonyl (C=O) groups excluding carboxylic acids is 1. The first-order valence-corrected chi connectivity index (χ1v) is 8.25. The normalized spacial score (nSPS) is 35.8. The number of carbonyl (C=O) groups is 1. The third kappa shape index (κ3) is 3.01. The number of ether oxygens (including phenoxy) is 1. The monoisotopic (exact) mass is 280 g/mol. The third-order valence-corrected chi connectivity index (χ3v) is 5.80. The molecule has 0 aromatic rings. The van der Waals surface area contributed by atoms with E-state index in [4.69, 9.17) is 4.74 Å². The first-order chi connectivity index (χ1) is 9.73. The lowest BCUT2D eigenvalue weighted by atomic mass is 9.87. The SMILES string of the molecule is COC1CCC(CNC(=O)C2CC23CCNCC3)CC1. The predicted octanol–water partition coefficient (Wildman–Crippen LogP) is 1.70. The molecule has 0 aromatic carbocycles. The van der Waals surface area contributed by atoms with Crippen LogP contribution in [-0.2, 0) is 9.53 Å². The number of amides is 1. The van der Waals surface area contributed by atoms with Gasteiger partial charge >= 0.3 is 0 Å². The quantitative estimate of drug-likeness (QED) is 0.824. The molecule has 4 heteroatoms. The molecule has 20 heavy (non-hydrogen) atoms. The molecule has 1 unspecified atom stereocenters. The Balaban J connectivity index is 1.38. The van der Waals surface area contributed by atoms with Crippen LogP contribution in [-0.4, -0.2) is 38.8 Å². The van der Waals surface area contributed by atoms with Crippen LogP contribution in [0.4, 0.5) is 0 Å². The molecule has 0 bridgehead atoms. The molecule has 0 aromatic heterocycles. The smallest absolute Gasteiger partial charge is 0.223 e. The summed E-state index contributed by atoms with van der Waals surface area (Å²) in [4.78, 5) is 12.3. The first-order valence-electron chi connectivity index (χ1n) is 8.25. The molecular formula is C16H28N2O2. The molecule has 3 rings (SSSR count). The zero-order valence-corrected chi connectivity index (χ0v) is 12.6. The minimum Gasteiger partial charge on any atom is -0.381 e. The van der Waals surface area contributed by atoms with Gasteiger partial charge in [-0.25, -0.2) is 0 Å². The Morgan fingerprint density at radius 2 is 1.95 bits per heavy atom. The Labute approximate surface area is 122 Å². The van der Waals surface area contributed by atoms with Gasteiger partial charge in [0.2, 0.25) is 5.91 Å². The molecule has 3 fully saturated rings. The van der Waals surface area contributed by atoms with Crippen LogP contribution in [0.3, 0.4) is 0 Å². The van der Waals surface area contributed by atoms with Gasteiger partial charge in [-0.1, -0.05) is 0 Å². The van der Waals surface area contributed by atoms with Crippen molar-refractivity contribution in [1.82, 2.24) is 10.6 Å². The van der Waals surface area contributed by atoms with E-state index in [0.29, 0.717) is 29.3 Å². The molecule has 114 valence electrons. The zero-order chi connectivity index (χ0) is 14.0. The Hall–Kier alpha value is -0.610. The maximum absolute atomic E-state index is 12.3. The van der Waals surface area contributed by atoms with Crippen molar-refractivity contribution >= 4 is 5.91 Å². The third-order valence-electron chi connectivity index (χ3n) is 5.80. The Kier molecular flexibility index (Phi) is 4.32. The lowest BCUT2D eigenvalue weighted by molar-refractivity contribution is -0.123. The zero-order valence-electron chi connectivity index (χ0n) is 12.6. The lowest BCUT2D eigenvalue weighted by Gasteiger charge is -2.28. The molecule has 2 aliphatic carbocycles. The van der Waals surface area contributed by atoms with Crippen LogP contribution < -0.4 is 10.6 Å². The van der Waals surface area contributed by atoms with Crippen LogP contribution in [0.2, 0.25) is 0 Å². The summed E-state index contributed by atoms with van der Waals surface area (Å²) in [6.45, 7) is 3.05. The van der Waals surface area contributed by atoms with Crippen molar-refractivity contribution in [2.45, 2.75) is 51.0 Å². The number of piperidine rings is 1. The molecule has 1 saturated heterocycles. The number of methoxy groups -OCH3 is 1. The predicted molar refractivity (Wildman–Crippen MR) is 78.4 cm³/mol. The summed E-state index contributed by atoms with van der Waals surface area (Å²) in [6, 6.07) is 0. The first kappa shape index (κ1) is 14.3. The fourth-order valence-electron chi connectivity index (χ4n) is 4.14. The van der Waals surface area contributed by atoms with E-state index in [1.54, 1.807) is 7.11 Å². The summed E-state index contributed by atoms with van der Waals surface area (Å²) in [5.41, 5.74) is 0.364. The molecule has 1 atom stereocenters. The second-order valence-corrected chi connectivity index (χ2v) is 6.99. The van der Waals surface area contributed by atoms with Gasteiger partial charge in [-0.05, 0) is 69.4 Å². The topological polar surface area (TPSA) is 50.4 Å². The Morgan fingerprint density at radius 1 is 1.25 bits per heavy atom. The molecule has 1 spiro atoms. The largest absolute Gasteiger partial charge is 0.381 e. The summed E-state index contributed by atoms with van der Waals surface area (Å²) >= 11 is 0. The van der Waals surface area contributed by atoms with E-state index >= 15 is 0 Å². The van der Waals surface area contributed by atoms with Gasteiger partial charge < -0.3 is 15.4 Å². The van der Waals surface area contributed by atoms with Crippen molar-refractivity contribution in [3.05, 3.63) is 0 Å². The van der Waals surface area contributed by atoms with Crippen LogP contribution in [0.15, 0.2) is 0 Å². The minimum atomic E-state index is 0.305. The highest BCUT2D eigenvalue weighted by Crippen LogP contribution is 2.58. The van der Waals surface area contributed by atoms with Crippen LogP contribution in [0.25, 0.3) is 0 Å². The molecule has 1 aliphatic heterocycles. The van der Waals surface area contributed by atoms with Crippen LogP contribution >= 0.6 is 0 Å². The van der Waals surface area contributed by atoms with E-state index in [2.05, 4.69) is 10.6 Å². The average molecular weight is 280 g/mol. The molecular weight excluding hydrogens is 252 g/mol. The van der Waals surface area contributed by atoms with Gasteiger partial charge in [0.05, 0.1) is 6.10 Å². The number of hydrogen-bond acceptors (Lipinski definition) is 3. The standard InChI is InChI=1S/C16H28N2O2/c1-20-13-4-2-12(3-5-13)11-18-15(19)14-10-16(14)6-8-17-9-7-16/h12-14,17H,2-11H2,1H3,(H,18,19). The number of hydrogen-bond donors (Lipinski definition) is 2. The van der Waals surface area contributed by atoms with Crippen molar-refractivity contribution in [2.24, 2.45) is 17.3 Å². The summed E-state index contributed by atoms with van der Waals surface area (Å²) in [5, 5.41) is 6.61. The molecule has 4 nitrogen and oxygen atoms in total. The van der Waals surface area contributed by atoms with Crippen molar-refractivity contribution in [3.8, 4) is 0 Å². The van der Waals surface area contributed by atoms with Crippen molar-refractivity contribution < 1.29 is 9.53 Å². The van der Waals surface area contributed by atoms with Gasteiger partial charge in [-0.15, -0.1) is 0 Å². The van der Waals surface area contributed by atoms with Crippen LogP contribution in [0.5, 0.6) is 0 Å². The lowest BCUT2D eigenvalue weighted by Crippen LogP contribution is -2.36. The summed E-state index contributed by atoms with van der Waals surface area (Å²) in [7, 11) is 1.80. The molecule has 2 N–H and O–H groups in total. The fourth-order valence-corrected chi connectivity index (χ4v) is 4.14. The van der Waals surface area contributed by atoms with Crippen molar-refractivity contribution in [3.63, 3.8) is 0 Å². The number of nitrogens with one attached hydrogen (secondary N) is 2. The summed E-state index contributed by atoms with van der Waals surface area (Å²) < 4.78 is 5.40. The van der Waals surface area contributed by atoms with E-state index in [9.17, 15) is 4.79 Å². The van der Waals surface area contributed by atoms with Gasteiger partial charge in [0, 0.05) is 19.6 Å². The van der Waals surface area contributed by atoms with Gasteiger partial charge in [0.1, 0.15) is 0 Å². The van der Waals surface area contributed by atoms with Gasteiger partial charge in [0.25, 0.3) is 0 Å². The van der Waals surface area contributed by atoms with Crippen LogP contribution in [0.1, 0.15) is 44.9 Å². The fraction of sp³-hybridized carbons (Fsp3) is 0.938. The average Bonchev–Trinajstić information content (AvgIpc) is 3.19. The molecule has 2 saturated carbocycles. The highest BCUT2D eigenvalue weighted by Gasteiger charge is 2.57. The van der Waals surface area contributed by atoms with Crippen LogP contribution in [0, 0.1) is 17.3 Å². The highest BCUT2D eigenvalue weighted by atomic mass is 16.5. The van der Waals surface area contributed by atoms with E-state index in [0.717, 1.165) is 38.9 Å². The summed E-state index contributed by atoms with van der Waals surface area (Å²) in [6.07, 6.45) is 8.62. The van der Waals surface area contributed by atoms with Crippen molar-refractivity contribution in [1.29, 1.82) is 0 Å². The van der Waals surface area contributed by atoms with E-state index < -0.39 is 0 Å². The minimum absolute atomic E-state index is 0.305. The highest BCUT2D eigenvalue weighted by molar-refractivity contribution is 5.82. The summed E-state index contributed by atoms with van der Waals surface area (Å²) in [5.74, 6) is 1.29. The maximum Gasteiger partial charge on any atom is 0.223 e. The maximum atomic E-state index is 12.3. The second-order valence-electron chi connectivity index (χ2n) is 6.99. The Bertz CT molecular complexity index is 344. The van der Waals surface area contributed by atoms with E-state index in [1.165, 1.54) is 25.7 Å². The van der Waals surface area contributed by atoms with E-state index in [-0.39, 0.29) is 0 Å². The molecule has 1 amide bonds.